The first-order chi connectivity index (χ1) is 15.3. The van der Waals surface area contributed by atoms with Gasteiger partial charge in [0.2, 0.25) is 11.8 Å². The number of carbonyl (C=O) groups is 2. The van der Waals surface area contributed by atoms with E-state index in [1.54, 1.807) is 29.2 Å². The van der Waals surface area contributed by atoms with Crippen LogP contribution >= 0.6 is 23.2 Å². The summed E-state index contributed by atoms with van der Waals surface area (Å²) < 4.78 is 0. The molecule has 0 unspecified atom stereocenters. The standard InChI is InChI=1S/C24H33Cl2N3O3/c1-24(18-30)8-13-27(14-9-24)10-2-11-28-15-16-29(12-7-23(28)32)22(31)6-4-19-3-5-20(25)21(26)17-19/h3-6,17,30H,2,7-16,18H2,1H3/b6-4+. The molecule has 0 radical (unpaired) electrons. The number of piperidine rings is 1. The van der Waals surface area contributed by atoms with Gasteiger partial charge in [-0.1, -0.05) is 36.2 Å². The van der Waals surface area contributed by atoms with Crippen LogP contribution in [0.3, 0.4) is 0 Å². The maximum atomic E-state index is 12.6. The lowest BCUT2D eigenvalue weighted by Crippen LogP contribution is -2.42. The molecule has 1 N–H and O–H groups in total. The lowest BCUT2D eigenvalue weighted by Gasteiger charge is -2.38. The zero-order valence-corrected chi connectivity index (χ0v) is 20.2. The molecule has 6 nitrogen and oxygen atoms in total. The van der Waals surface area contributed by atoms with E-state index in [1.165, 1.54) is 6.08 Å². The van der Waals surface area contributed by atoms with Crippen molar-refractivity contribution in [1.82, 2.24) is 14.7 Å². The minimum absolute atomic E-state index is 0.0571. The van der Waals surface area contributed by atoms with E-state index in [2.05, 4.69) is 11.8 Å². The third-order valence-electron chi connectivity index (χ3n) is 6.61. The van der Waals surface area contributed by atoms with Gasteiger partial charge < -0.3 is 19.8 Å². The summed E-state index contributed by atoms with van der Waals surface area (Å²) >= 11 is 12.0. The molecule has 8 heteroatoms. The first-order valence-corrected chi connectivity index (χ1v) is 12.1. The zero-order chi connectivity index (χ0) is 23.1. The Morgan fingerprint density at radius 3 is 2.53 bits per heavy atom. The molecule has 2 amide bonds. The number of benzene rings is 1. The molecule has 176 valence electrons. The Kier molecular flexibility index (Phi) is 9.00. The summed E-state index contributed by atoms with van der Waals surface area (Å²) in [5.74, 6) is 0.00577. The van der Waals surface area contributed by atoms with Gasteiger partial charge in [0.1, 0.15) is 0 Å². The highest BCUT2D eigenvalue weighted by Gasteiger charge is 2.29. The molecule has 0 aliphatic carbocycles. The number of hydrogen-bond acceptors (Lipinski definition) is 4. The first kappa shape index (κ1) is 25.0. The number of likely N-dealkylation sites (tertiary alicyclic amines) is 1. The van der Waals surface area contributed by atoms with Crippen molar-refractivity contribution in [1.29, 1.82) is 0 Å². The summed E-state index contributed by atoms with van der Waals surface area (Å²) in [6, 6.07) is 5.22. The van der Waals surface area contributed by atoms with E-state index in [1.807, 2.05) is 4.90 Å². The number of nitrogens with zero attached hydrogens (tertiary/aromatic N) is 3. The quantitative estimate of drug-likeness (QED) is 0.604. The third-order valence-corrected chi connectivity index (χ3v) is 7.35. The number of aliphatic hydroxyl groups is 1. The van der Waals surface area contributed by atoms with Crippen LogP contribution in [0.1, 0.15) is 38.2 Å². The van der Waals surface area contributed by atoms with Crippen molar-refractivity contribution in [2.75, 3.05) is 52.4 Å². The molecule has 0 atom stereocenters. The maximum absolute atomic E-state index is 12.6. The van der Waals surface area contributed by atoms with Crippen LogP contribution in [-0.2, 0) is 9.59 Å². The van der Waals surface area contributed by atoms with Crippen LogP contribution in [0.25, 0.3) is 6.08 Å². The van der Waals surface area contributed by atoms with Crippen LogP contribution in [0, 0.1) is 5.41 Å². The summed E-state index contributed by atoms with van der Waals surface area (Å²) in [5.41, 5.74) is 0.860. The lowest BCUT2D eigenvalue weighted by atomic mass is 9.81. The summed E-state index contributed by atoms with van der Waals surface area (Å²) in [7, 11) is 0. The Morgan fingerprint density at radius 2 is 1.84 bits per heavy atom. The van der Waals surface area contributed by atoms with Crippen molar-refractivity contribution in [3.05, 3.63) is 39.9 Å². The molecule has 0 bridgehead atoms. The zero-order valence-electron chi connectivity index (χ0n) is 18.7. The fourth-order valence-corrected chi connectivity index (χ4v) is 4.48. The SMILES string of the molecule is CC1(CO)CCN(CCCN2CCN(C(=O)/C=C/c3ccc(Cl)c(Cl)c3)CCC2=O)CC1. The predicted molar refractivity (Wildman–Crippen MR) is 129 cm³/mol. The lowest BCUT2D eigenvalue weighted by molar-refractivity contribution is -0.130. The molecule has 2 heterocycles. The minimum atomic E-state index is -0.106. The number of amides is 2. The number of rotatable bonds is 7. The molecule has 32 heavy (non-hydrogen) atoms. The van der Waals surface area contributed by atoms with E-state index in [0.717, 1.165) is 44.5 Å². The molecule has 1 aromatic rings. The number of hydrogen-bond donors (Lipinski definition) is 1. The molecular weight excluding hydrogens is 449 g/mol. The van der Waals surface area contributed by atoms with Crippen molar-refractivity contribution in [2.45, 2.75) is 32.6 Å². The van der Waals surface area contributed by atoms with Crippen LogP contribution in [0.5, 0.6) is 0 Å². The monoisotopic (exact) mass is 481 g/mol. The second-order valence-corrected chi connectivity index (χ2v) is 9.94. The smallest absolute Gasteiger partial charge is 0.246 e. The number of aliphatic hydroxyl groups excluding tert-OH is 1. The summed E-state index contributed by atoms with van der Waals surface area (Å²) in [6.45, 7) is 7.60. The molecule has 3 rings (SSSR count). The summed E-state index contributed by atoms with van der Waals surface area (Å²) in [5, 5.41) is 10.4. The highest BCUT2D eigenvalue weighted by Crippen LogP contribution is 2.30. The van der Waals surface area contributed by atoms with Crippen molar-refractivity contribution >= 4 is 41.1 Å². The Balaban J connectivity index is 1.43. The molecule has 0 aromatic heterocycles. The van der Waals surface area contributed by atoms with Gasteiger partial charge in [-0.2, -0.15) is 0 Å². The van der Waals surface area contributed by atoms with Gasteiger partial charge in [0, 0.05) is 45.3 Å². The Morgan fingerprint density at radius 1 is 1.09 bits per heavy atom. The van der Waals surface area contributed by atoms with Gasteiger partial charge in [-0.3, -0.25) is 9.59 Å². The van der Waals surface area contributed by atoms with Crippen LogP contribution in [-0.4, -0.2) is 84.0 Å². The number of carbonyl (C=O) groups excluding carboxylic acids is 2. The van der Waals surface area contributed by atoms with E-state index >= 15 is 0 Å². The molecule has 0 spiro atoms. The molecule has 2 saturated heterocycles. The highest BCUT2D eigenvalue weighted by molar-refractivity contribution is 6.42. The molecule has 2 aliphatic rings. The van der Waals surface area contributed by atoms with Crippen molar-refractivity contribution in [3.8, 4) is 0 Å². The van der Waals surface area contributed by atoms with Crippen molar-refractivity contribution < 1.29 is 14.7 Å². The van der Waals surface area contributed by atoms with Gasteiger partial charge in [-0.25, -0.2) is 0 Å². The number of halogens is 2. The molecule has 2 aliphatic heterocycles. The van der Waals surface area contributed by atoms with Crippen LogP contribution in [0.4, 0.5) is 0 Å². The topological polar surface area (TPSA) is 64.1 Å². The van der Waals surface area contributed by atoms with E-state index in [0.29, 0.717) is 42.6 Å². The van der Waals surface area contributed by atoms with Gasteiger partial charge in [0.05, 0.1) is 10.0 Å². The average Bonchev–Trinajstić information content (AvgIpc) is 2.97. The fourth-order valence-electron chi connectivity index (χ4n) is 4.17. The van der Waals surface area contributed by atoms with Gasteiger partial charge in [-0.15, -0.1) is 0 Å². The van der Waals surface area contributed by atoms with E-state index in [-0.39, 0.29) is 23.8 Å². The Hall–Kier alpha value is -1.60. The Bertz CT molecular complexity index is 838. The molecular formula is C24H33Cl2N3O3. The van der Waals surface area contributed by atoms with E-state index in [9.17, 15) is 14.7 Å². The van der Waals surface area contributed by atoms with Gasteiger partial charge >= 0.3 is 0 Å². The Labute approximate surface area is 200 Å². The average molecular weight is 482 g/mol. The van der Waals surface area contributed by atoms with Gasteiger partial charge in [-0.05, 0) is 68.1 Å². The second kappa shape index (κ2) is 11.5. The van der Waals surface area contributed by atoms with Crippen molar-refractivity contribution in [3.63, 3.8) is 0 Å². The summed E-state index contributed by atoms with van der Waals surface area (Å²) in [6.07, 6.45) is 6.54. The highest BCUT2D eigenvalue weighted by atomic mass is 35.5. The van der Waals surface area contributed by atoms with Crippen LogP contribution < -0.4 is 0 Å². The minimum Gasteiger partial charge on any atom is -0.396 e. The molecule has 2 fully saturated rings. The normalized spacial score (nSPS) is 20.1. The maximum Gasteiger partial charge on any atom is 0.246 e. The second-order valence-electron chi connectivity index (χ2n) is 9.13. The fraction of sp³-hybridized carbons (Fsp3) is 0.583. The van der Waals surface area contributed by atoms with Crippen LogP contribution in [0.2, 0.25) is 10.0 Å². The first-order valence-electron chi connectivity index (χ1n) is 11.3. The molecule has 1 aromatic carbocycles. The van der Waals surface area contributed by atoms with Crippen molar-refractivity contribution in [2.24, 2.45) is 5.41 Å². The largest absolute Gasteiger partial charge is 0.396 e. The third kappa shape index (κ3) is 6.95. The molecule has 0 saturated carbocycles. The van der Waals surface area contributed by atoms with Gasteiger partial charge in [0.15, 0.2) is 0 Å². The van der Waals surface area contributed by atoms with Crippen LogP contribution in [0.15, 0.2) is 24.3 Å². The van der Waals surface area contributed by atoms with E-state index < -0.39 is 0 Å². The predicted octanol–water partition coefficient (Wildman–Crippen LogP) is 3.55. The van der Waals surface area contributed by atoms with E-state index in [4.69, 9.17) is 23.2 Å². The summed E-state index contributed by atoms with van der Waals surface area (Å²) in [4.78, 5) is 31.2. The van der Waals surface area contributed by atoms with Gasteiger partial charge in [0.25, 0.3) is 0 Å².